The van der Waals surface area contributed by atoms with E-state index in [1.165, 1.54) is 16.7 Å². The Balaban J connectivity index is 1.63. The molecule has 1 amide bonds. The lowest BCUT2D eigenvalue weighted by atomic mass is 10.1. The van der Waals surface area contributed by atoms with Crippen LogP contribution in [-0.2, 0) is 6.54 Å². The highest BCUT2D eigenvalue weighted by atomic mass is 19.1. The molecule has 0 fully saturated rings. The Hall–Kier alpha value is -4.52. The second-order valence-corrected chi connectivity index (χ2v) is 7.75. The first kappa shape index (κ1) is 20.4. The number of rotatable bonds is 3. The first-order chi connectivity index (χ1) is 16.0. The van der Waals surface area contributed by atoms with Gasteiger partial charge in [-0.2, -0.15) is 5.26 Å². The number of nitriles is 1. The van der Waals surface area contributed by atoms with Crippen LogP contribution in [0, 0.1) is 17.1 Å². The smallest absolute Gasteiger partial charge is 0.333 e. The normalized spacial score (nSPS) is 13.7. The lowest BCUT2D eigenvalue weighted by Crippen LogP contribution is -2.31. The largest absolute Gasteiger partial charge is 0.350 e. The number of carbonyl (C=O) groups is 1. The standard InChI is InChI=1S/C23H18FN7O2/c1-29-9-10-30(13-14-4-6-17(24)15(11-14)12-25)21-16(22(29)32)5-7-19(27-21)31-18-3-2-8-26-20(18)28-23(31)33/h2-8,11H,9-10,13H2,1H3,(H,26,28,33). The zero-order valence-corrected chi connectivity index (χ0v) is 17.6. The molecule has 0 atom stereocenters. The van der Waals surface area contributed by atoms with E-state index in [-0.39, 0.29) is 11.5 Å². The molecule has 33 heavy (non-hydrogen) atoms. The number of halogens is 1. The quantitative estimate of drug-likeness (QED) is 0.520. The van der Waals surface area contributed by atoms with Crippen LogP contribution in [0.15, 0.2) is 53.5 Å². The molecular weight excluding hydrogens is 425 g/mol. The summed E-state index contributed by atoms with van der Waals surface area (Å²) in [6.45, 7) is 1.23. The molecule has 0 spiro atoms. The van der Waals surface area contributed by atoms with Crippen molar-refractivity contribution >= 4 is 22.9 Å². The van der Waals surface area contributed by atoms with Gasteiger partial charge in [-0.05, 0) is 42.0 Å². The number of amides is 1. The van der Waals surface area contributed by atoms with Crippen molar-refractivity contribution in [3.05, 3.63) is 81.7 Å². The Bertz CT molecular complexity index is 1500. The average molecular weight is 443 g/mol. The van der Waals surface area contributed by atoms with Gasteiger partial charge in [-0.1, -0.05) is 6.07 Å². The number of benzene rings is 1. The molecule has 1 aromatic carbocycles. The summed E-state index contributed by atoms with van der Waals surface area (Å²) in [5, 5.41) is 9.17. The molecule has 164 valence electrons. The average Bonchev–Trinajstić information content (AvgIpc) is 3.11. The van der Waals surface area contributed by atoms with Crippen LogP contribution in [0.1, 0.15) is 21.5 Å². The SMILES string of the molecule is CN1CCN(Cc2ccc(F)c(C#N)c2)c2nc(-n3c(=O)[nH]c4ncccc43)ccc2C1=O. The van der Waals surface area contributed by atoms with Crippen LogP contribution in [-0.4, -0.2) is 50.5 Å². The number of nitrogens with zero attached hydrogens (tertiary/aromatic N) is 6. The third-order valence-corrected chi connectivity index (χ3v) is 5.65. The fourth-order valence-electron chi connectivity index (χ4n) is 3.95. The zero-order valence-electron chi connectivity index (χ0n) is 17.6. The summed E-state index contributed by atoms with van der Waals surface area (Å²) in [5.41, 5.74) is 1.66. The van der Waals surface area contributed by atoms with Crippen molar-refractivity contribution < 1.29 is 9.18 Å². The van der Waals surface area contributed by atoms with Crippen LogP contribution < -0.4 is 10.6 Å². The van der Waals surface area contributed by atoms with Gasteiger partial charge in [0.25, 0.3) is 5.91 Å². The zero-order chi connectivity index (χ0) is 23.1. The second-order valence-electron chi connectivity index (χ2n) is 7.75. The Kier molecular flexibility index (Phi) is 4.86. The van der Waals surface area contributed by atoms with Gasteiger partial charge in [0.15, 0.2) is 5.65 Å². The lowest BCUT2D eigenvalue weighted by molar-refractivity contribution is 0.0804. The van der Waals surface area contributed by atoms with Gasteiger partial charge in [0.1, 0.15) is 23.5 Å². The van der Waals surface area contributed by atoms with E-state index in [4.69, 9.17) is 10.2 Å². The van der Waals surface area contributed by atoms with Crippen LogP contribution >= 0.6 is 0 Å². The Morgan fingerprint density at radius 2 is 2.03 bits per heavy atom. The maximum Gasteiger partial charge on any atom is 0.333 e. The minimum absolute atomic E-state index is 0.0460. The fourth-order valence-corrected chi connectivity index (χ4v) is 3.95. The fraction of sp³-hybridized carbons (Fsp3) is 0.174. The third-order valence-electron chi connectivity index (χ3n) is 5.65. The van der Waals surface area contributed by atoms with Crippen molar-refractivity contribution in [2.45, 2.75) is 6.54 Å². The number of anilines is 1. The van der Waals surface area contributed by atoms with E-state index in [0.29, 0.717) is 53.6 Å². The summed E-state index contributed by atoms with van der Waals surface area (Å²) in [4.78, 5) is 40.7. The summed E-state index contributed by atoms with van der Waals surface area (Å²) in [6, 6.07) is 13.0. The topological polar surface area (TPSA) is 111 Å². The van der Waals surface area contributed by atoms with Gasteiger partial charge < -0.3 is 9.80 Å². The van der Waals surface area contributed by atoms with Gasteiger partial charge in [0, 0.05) is 32.9 Å². The van der Waals surface area contributed by atoms with Gasteiger partial charge >= 0.3 is 5.69 Å². The third kappa shape index (κ3) is 3.49. The molecule has 10 heteroatoms. The van der Waals surface area contributed by atoms with Crippen LogP contribution in [0.3, 0.4) is 0 Å². The van der Waals surface area contributed by atoms with Crippen LogP contribution in [0.5, 0.6) is 0 Å². The summed E-state index contributed by atoms with van der Waals surface area (Å²) >= 11 is 0. The molecule has 0 radical (unpaired) electrons. The molecule has 5 rings (SSSR count). The van der Waals surface area contributed by atoms with E-state index < -0.39 is 11.5 Å². The van der Waals surface area contributed by atoms with E-state index in [9.17, 15) is 14.0 Å². The molecule has 1 aliphatic heterocycles. The molecule has 9 nitrogen and oxygen atoms in total. The highest BCUT2D eigenvalue weighted by molar-refractivity contribution is 5.99. The van der Waals surface area contributed by atoms with E-state index >= 15 is 0 Å². The van der Waals surface area contributed by atoms with Gasteiger partial charge in [-0.25, -0.2) is 23.7 Å². The van der Waals surface area contributed by atoms with E-state index in [2.05, 4.69) is 9.97 Å². The van der Waals surface area contributed by atoms with Crippen molar-refractivity contribution in [1.29, 1.82) is 5.26 Å². The van der Waals surface area contributed by atoms with E-state index in [0.717, 1.165) is 0 Å². The van der Waals surface area contributed by atoms with Crippen molar-refractivity contribution in [1.82, 2.24) is 24.4 Å². The van der Waals surface area contributed by atoms with E-state index in [1.54, 1.807) is 48.5 Å². The molecular formula is C23H18FN7O2. The highest BCUT2D eigenvalue weighted by Crippen LogP contribution is 2.27. The van der Waals surface area contributed by atoms with E-state index in [1.807, 2.05) is 11.0 Å². The molecule has 4 heterocycles. The van der Waals surface area contributed by atoms with Crippen LogP contribution in [0.4, 0.5) is 10.2 Å². The van der Waals surface area contributed by atoms with Crippen LogP contribution in [0.25, 0.3) is 17.0 Å². The predicted octanol–water partition coefficient (Wildman–Crippen LogP) is 2.21. The predicted molar refractivity (Wildman–Crippen MR) is 119 cm³/mol. The summed E-state index contributed by atoms with van der Waals surface area (Å²) in [7, 11) is 1.71. The molecule has 0 saturated heterocycles. The molecule has 4 aromatic rings. The Labute approximate surface area is 187 Å². The van der Waals surface area contributed by atoms with Gasteiger partial charge in [-0.3, -0.25) is 9.78 Å². The number of imidazole rings is 1. The Morgan fingerprint density at radius 1 is 1.18 bits per heavy atom. The van der Waals surface area contributed by atoms with Crippen molar-refractivity contribution in [3.63, 3.8) is 0 Å². The minimum atomic E-state index is -0.583. The molecule has 1 N–H and O–H groups in total. The summed E-state index contributed by atoms with van der Waals surface area (Å²) < 4.78 is 15.2. The number of hydrogen-bond acceptors (Lipinski definition) is 6. The number of pyridine rings is 2. The first-order valence-corrected chi connectivity index (χ1v) is 10.2. The number of H-pyrrole nitrogens is 1. The first-order valence-electron chi connectivity index (χ1n) is 10.2. The molecule has 0 unspecified atom stereocenters. The summed E-state index contributed by atoms with van der Waals surface area (Å²) in [5.74, 6) is -0.0107. The number of aromatic nitrogens is 4. The number of fused-ring (bicyclic) bond motifs is 2. The molecule has 3 aromatic heterocycles. The van der Waals surface area contributed by atoms with Gasteiger partial charge in [-0.15, -0.1) is 0 Å². The van der Waals surface area contributed by atoms with Gasteiger partial charge in [0.2, 0.25) is 0 Å². The Morgan fingerprint density at radius 3 is 2.85 bits per heavy atom. The number of aromatic amines is 1. The molecule has 0 aliphatic carbocycles. The molecule has 0 bridgehead atoms. The molecule has 0 saturated carbocycles. The maximum absolute atomic E-state index is 13.8. The minimum Gasteiger partial charge on any atom is -0.350 e. The number of carbonyl (C=O) groups excluding carboxylic acids is 1. The monoisotopic (exact) mass is 443 g/mol. The lowest BCUT2D eigenvalue weighted by Gasteiger charge is -2.24. The molecule has 1 aliphatic rings. The highest BCUT2D eigenvalue weighted by Gasteiger charge is 2.27. The maximum atomic E-state index is 13.8. The number of nitrogens with one attached hydrogen (secondary N) is 1. The summed E-state index contributed by atoms with van der Waals surface area (Å²) in [6.07, 6.45) is 1.58. The van der Waals surface area contributed by atoms with Gasteiger partial charge in [0.05, 0.1) is 16.6 Å². The van der Waals surface area contributed by atoms with Crippen molar-refractivity contribution in [3.8, 4) is 11.9 Å². The number of hydrogen-bond donors (Lipinski definition) is 1. The number of likely N-dealkylation sites (N-methyl/N-ethyl adjacent to an activating group) is 1. The van der Waals surface area contributed by atoms with Crippen LogP contribution in [0.2, 0.25) is 0 Å². The second kappa shape index (κ2) is 7.87. The van der Waals surface area contributed by atoms with Crippen molar-refractivity contribution in [2.75, 3.05) is 25.0 Å². The van der Waals surface area contributed by atoms with Crippen molar-refractivity contribution in [2.24, 2.45) is 0 Å².